The van der Waals surface area contributed by atoms with Crippen LogP contribution < -0.4 is 4.74 Å². The van der Waals surface area contributed by atoms with E-state index in [9.17, 15) is 4.79 Å². The van der Waals surface area contributed by atoms with E-state index in [0.717, 1.165) is 48.1 Å². The van der Waals surface area contributed by atoms with E-state index in [1.807, 2.05) is 18.2 Å². The zero-order valence-electron chi connectivity index (χ0n) is 13.2. The number of fused-ring (bicyclic) bond motifs is 1. The van der Waals surface area contributed by atoms with Crippen molar-refractivity contribution in [3.05, 3.63) is 64.7 Å². The molecule has 0 saturated heterocycles. The summed E-state index contributed by atoms with van der Waals surface area (Å²) in [5, 5.41) is 0.864. The van der Waals surface area contributed by atoms with Gasteiger partial charge in [-0.3, -0.25) is 0 Å². The highest BCUT2D eigenvalue weighted by atomic mass is 79.9. The highest BCUT2D eigenvalue weighted by Gasteiger charge is 2.15. The fourth-order valence-corrected chi connectivity index (χ4v) is 3.11. The number of carbonyl (C=O) groups is 1. The average molecular weight is 385 g/mol. The number of hydrogen-bond donors (Lipinski definition) is 0. The van der Waals surface area contributed by atoms with Gasteiger partial charge in [0.25, 0.3) is 0 Å². The molecule has 0 atom stereocenters. The maximum absolute atomic E-state index is 11.9. The van der Waals surface area contributed by atoms with Gasteiger partial charge in [-0.15, -0.1) is 0 Å². The van der Waals surface area contributed by atoms with Crippen molar-refractivity contribution in [1.82, 2.24) is 0 Å². The first kappa shape index (κ1) is 16.6. The lowest BCUT2D eigenvalue weighted by atomic mass is 9.98. The van der Waals surface area contributed by atoms with Crippen molar-refractivity contribution in [3.8, 4) is 17.8 Å². The standard InChI is InChI=1S/C20H17BrO3/c21-10-8-18-14-15(13-17-7-4-11-23-19(17)18)9-12-24-20(22)16-5-2-1-3-6-16/h1-3,5-6,13-14H,4,7-8,10-11H2. The molecule has 0 N–H and O–H groups in total. The van der Waals surface area contributed by atoms with Crippen molar-refractivity contribution in [3.63, 3.8) is 0 Å². The third-order valence-corrected chi connectivity index (χ3v) is 4.19. The summed E-state index contributed by atoms with van der Waals surface area (Å²) < 4.78 is 10.8. The normalized spacial score (nSPS) is 12.4. The van der Waals surface area contributed by atoms with Crippen LogP contribution >= 0.6 is 15.9 Å². The first-order valence-electron chi connectivity index (χ1n) is 7.89. The van der Waals surface area contributed by atoms with E-state index in [1.165, 1.54) is 5.56 Å². The highest BCUT2D eigenvalue weighted by molar-refractivity contribution is 9.09. The lowest BCUT2D eigenvalue weighted by molar-refractivity contribution is 0.0690. The van der Waals surface area contributed by atoms with Gasteiger partial charge in [0.15, 0.2) is 0 Å². The Hall–Kier alpha value is -2.25. The van der Waals surface area contributed by atoms with Crippen LogP contribution in [0, 0.1) is 12.0 Å². The fraction of sp³-hybridized carbons (Fsp3) is 0.250. The Labute approximate surface area is 150 Å². The molecule has 2 aromatic carbocycles. The topological polar surface area (TPSA) is 35.5 Å². The second-order valence-electron chi connectivity index (χ2n) is 5.50. The third-order valence-electron chi connectivity index (χ3n) is 3.79. The Balaban J connectivity index is 1.78. The van der Waals surface area contributed by atoms with Gasteiger partial charge in [-0.2, -0.15) is 0 Å². The van der Waals surface area contributed by atoms with Crippen LogP contribution in [0.2, 0.25) is 0 Å². The number of carbonyl (C=O) groups excluding carboxylic acids is 1. The van der Waals surface area contributed by atoms with E-state index in [0.29, 0.717) is 5.56 Å². The molecule has 0 amide bonds. The van der Waals surface area contributed by atoms with Crippen LogP contribution in [0.3, 0.4) is 0 Å². The Bertz CT molecular complexity index is 788. The molecule has 1 heterocycles. The lowest BCUT2D eigenvalue weighted by Crippen LogP contribution is -2.11. The molecule has 1 aliphatic rings. The summed E-state index contributed by atoms with van der Waals surface area (Å²) in [6, 6.07) is 12.9. The van der Waals surface area contributed by atoms with Gasteiger partial charge < -0.3 is 9.47 Å². The fourth-order valence-electron chi connectivity index (χ4n) is 2.69. The van der Waals surface area contributed by atoms with Crippen LogP contribution in [0.25, 0.3) is 0 Å². The van der Waals surface area contributed by atoms with Gasteiger partial charge in [0, 0.05) is 10.9 Å². The van der Waals surface area contributed by atoms with E-state index >= 15 is 0 Å². The molecule has 24 heavy (non-hydrogen) atoms. The quantitative estimate of drug-likeness (QED) is 0.453. The predicted molar refractivity (Wildman–Crippen MR) is 96.5 cm³/mol. The van der Waals surface area contributed by atoms with Gasteiger partial charge in [-0.25, -0.2) is 4.79 Å². The smallest absolute Gasteiger partial charge is 0.352 e. The minimum absolute atomic E-state index is 0.440. The number of rotatable bonds is 3. The summed E-state index contributed by atoms with van der Waals surface area (Å²) in [5.74, 6) is 3.48. The van der Waals surface area contributed by atoms with E-state index in [4.69, 9.17) is 9.47 Å². The first-order valence-corrected chi connectivity index (χ1v) is 9.02. The van der Waals surface area contributed by atoms with Crippen LogP contribution in [-0.2, 0) is 17.6 Å². The zero-order chi connectivity index (χ0) is 16.8. The number of esters is 1. The Morgan fingerprint density at radius 3 is 2.88 bits per heavy atom. The van der Waals surface area contributed by atoms with Crippen molar-refractivity contribution >= 4 is 21.9 Å². The van der Waals surface area contributed by atoms with Crippen LogP contribution in [0.15, 0.2) is 42.5 Å². The summed E-state index contributed by atoms with van der Waals surface area (Å²) in [6.45, 7) is 0.766. The zero-order valence-corrected chi connectivity index (χ0v) is 14.8. The van der Waals surface area contributed by atoms with Crippen LogP contribution in [0.1, 0.15) is 33.5 Å². The van der Waals surface area contributed by atoms with E-state index in [-0.39, 0.29) is 0 Å². The molecular weight excluding hydrogens is 368 g/mol. The van der Waals surface area contributed by atoms with Gasteiger partial charge in [0.1, 0.15) is 11.9 Å². The van der Waals surface area contributed by atoms with Gasteiger partial charge >= 0.3 is 5.97 Å². The highest BCUT2D eigenvalue weighted by Crippen LogP contribution is 2.31. The van der Waals surface area contributed by atoms with Crippen molar-refractivity contribution in [2.75, 3.05) is 11.9 Å². The second kappa shape index (κ2) is 8.03. The van der Waals surface area contributed by atoms with Crippen LogP contribution in [0.5, 0.6) is 5.75 Å². The molecular formula is C20H17BrO3. The third kappa shape index (κ3) is 3.98. The summed E-state index contributed by atoms with van der Waals surface area (Å²) in [7, 11) is 0. The van der Waals surface area contributed by atoms with Crippen molar-refractivity contribution < 1.29 is 14.3 Å². The molecule has 3 rings (SSSR count). The second-order valence-corrected chi connectivity index (χ2v) is 6.29. The number of ether oxygens (including phenoxy) is 2. The molecule has 0 aliphatic carbocycles. The van der Waals surface area contributed by atoms with E-state index in [1.54, 1.807) is 24.3 Å². The number of benzene rings is 2. The Kier molecular flexibility index (Phi) is 5.55. The SMILES string of the molecule is O=C(OC#Cc1cc(CCBr)c2c(c1)CCCO2)c1ccccc1. The van der Waals surface area contributed by atoms with Crippen molar-refractivity contribution in [1.29, 1.82) is 0 Å². The summed E-state index contributed by atoms with van der Waals surface area (Å²) in [6.07, 6.45) is 5.41. The van der Waals surface area contributed by atoms with Crippen molar-refractivity contribution in [2.45, 2.75) is 19.3 Å². The number of alkyl halides is 1. The molecule has 0 aromatic heterocycles. The van der Waals surface area contributed by atoms with Crippen molar-refractivity contribution in [2.24, 2.45) is 0 Å². The number of halogens is 1. The lowest BCUT2D eigenvalue weighted by Gasteiger charge is -2.20. The molecule has 1 aliphatic heterocycles. The molecule has 0 radical (unpaired) electrons. The average Bonchev–Trinajstić information content (AvgIpc) is 2.63. The minimum atomic E-state index is -0.440. The van der Waals surface area contributed by atoms with E-state index < -0.39 is 5.97 Å². The van der Waals surface area contributed by atoms with Crippen LogP contribution in [-0.4, -0.2) is 17.9 Å². The first-order chi connectivity index (χ1) is 11.8. The molecule has 3 nitrogen and oxygen atoms in total. The molecule has 0 saturated carbocycles. The van der Waals surface area contributed by atoms with Gasteiger partial charge in [-0.05, 0) is 60.6 Å². The van der Waals surface area contributed by atoms with Gasteiger partial charge in [-0.1, -0.05) is 34.1 Å². The maximum Gasteiger partial charge on any atom is 0.352 e. The molecule has 0 unspecified atom stereocenters. The van der Waals surface area contributed by atoms with E-state index in [2.05, 4.69) is 28.0 Å². The van der Waals surface area contributed by atoms with Gasteiger partial charge in [0.2, 0.25) is 0 Å². The Morgan fingerprint density at radius 2 is 2.08 bits per heavy atom. The molecule has 122 valence electrons. The summed E-state index contributed by atoms with van der Waals surface area (Å²) in [5.41, 5.74) is 3.66. The minimum Gasteiger partial charge on any atom is -0.493 e. The number of hydrogen-bond acceptors (Lipinski definition) is 3. The largest absolute Gasteiger partial charge is 0.493 e. The number of aryl methyl sites for hydroxylation is 2. The molecule has 0 bridgehead atoms. The van der Waals surface area contributed by atoms with Crippen LogP contribution in [0.4, 0.5) is 0 Å². The predicted octanol–water partition coefficient (Wildman–Crippen LogP) is 4.12. The van der Waals surface area contributed by atoms with Gasteiger partial charge in [0.05, 0.1) is 12.2 Å². The summed E-state index contributed by atoms with van der Waals surface area (Å²) in [4.78, 5) is 11.9. The summed E-state index contributed by atoms with van der Waals surface area (Å²) >= 11 is 3.48. The molecule has 0 fully saturated rings. The molecule has 0 spiro atoms. The monoisotopic (exact) mass is 384 g/mol. The maximum atomic E-state index is 11.9. The molecule has 4 heteroatoms. The molecule has 2 aromatic rings. The Morgan fingerprint density at radius 1 is 1.25 bits per heavy atom.